The lowest BCUT2D eigenvalue weighted by atomic mass is 10.0. The third kappa shape index (κ3) is 3.20. The van der Waals surface area contributed by atoms with Crippen LogP contribution in [0.15, 0.2) is 72.9 Å². The Hall–Kier alpha value is -4.26. The maximum Gasteiger partial charge on any atom is 0.221 e. The molecular weight excluding hydrogens is 412 g/mol. The number of rotatable bonds is 3. The highest BCUT2D eigenvalue weighted by Crippen LogP contribution is 2.45. The molecule has 0 saturated carbocycles. The maximum absolute atomic E-state index is 13.5. The van der Waals surface area contributed by atoms with Gasteiger partial charge in [0.1, 0.15) is 5.82 Å². The van der Waals surface area contributed by atoms with Crippen molar-refractivity contribution in [1.29, 1.82) is 0 Å². The van der Waals surface area contributed by atoms with Crippen LogP contribution < -0.4 is 15.5 Å². The van der Waals surface area contributed by atoms with Gasteiger partial charge in [-0.15, -0.1) is 0 Å². The molecule has 2 aromatic heterocycles. The smallest absolute Gasteiger partial charge is 0.221 e. The van der Waals surface area contributed by atoms with Crippen LogP contribution in [0.1, 0.15) is 15.9 Å². The van der Waals surface area contributed by atoms with Gasteiger partial charge in [0, 0.05) is 54.8 Å². The highest BCUT2D eigenvalue weighted by atomic mass is 16.1. The highest BCUT2D eigenvalue weighted by Gasteiger charge is 2.35. The van der Waals surface area contributed by atoms with Crippen molar-refractivity contribution in [3.8, 4) is 22.5 Å². The average Bonchev–Trinajstić information content (AvgIpc) is 3.16. The molecule has 2 aliphatic rings. The Morgan fingerprint density at radius 3 is 2.21 bits per heavy atom. The molecule has 0 amide bonds. The zero-order chi connectivity index (χ0) is 22.4. The molecule has 3 heterocycles. The molecule has 4 aromatic rings. The van der Waals surface area contributed by atoms with E-state index in [2.05, 4.69) is 30.8 Å². The van der Waals surface area contributed by atoms with E-state index in [1.807, 2.05) is 66.9 Å². The van der Waals surface area contributed by atoms with Gasteiger partial charge in [0.2, 0.25) is 5.95 Å². The van der Waals surface area contributed by atoms with Gasteiger partial charge in [0.25, 0.3) is 0 Å². The number of fused-ring (bicyclic) bond motifs is 3. The summed E-state index contributed by atoms with van der Waals surface area (Å²) in [5.41, 5.74) is 11.3. The standard InChI is InChI=1S/C26H22N6O/c27-26-29-23(17-7-2-1-3-8-17)22-24(30-26)21-18(25(22)33)9-6-10-19(21)31-13-15-32(16-14-31)20-11-4-5-12-28-20/h1-12H,13-16H2,(H2,27,29,30). The Morgan fingerprint density at radius 1 is 0.727 bits per heavy atom. The van der Waals surface area contributed by atoms with Gasteiger partial charge < -0.3 is 15.5 Å². The molecule has 33 heavy (non-hydrogen) atoms. The first-order valence-corrected chi connectivity index (χ1v) is 11.0. The van der Waals surface area contributed by atoms with Crippen LogP contribution in [0.3, 0.4) is 0 Å². The van der Waals surface area contributed by atoms with Crippen molar-refractivity contribution >= 4 is 23.2 Å². The molecule has 0 spiro atoms. The first kappa shape index (κ1) is 19.4. The van der Waals surface area contributed by atoms with E-state index in [1.165, 1.54) is 0 Å². The second-order valence-corrected chi connectivity index (χ2v) is 8.21. The summed E-state index contributed by atoms with van der Waals surface area (Å²) in [6.07, 6.45) is 1.82. The lowest BCUT2D eigenvalue weighted by Gasteiger charge is -2.37. The molecule has 2 aromatic carbocycles. The van der Waals surface area contributed by atoms with Crippen molar-refractivity contribution in [3.05, 3.63) is 84.1 Å². The van der Waals surface area contributed by atoms with Gasteiger partial charge in [-0.05, 0) is 18.2 Å². The van der Waals surface area contributed by atoms with Crippen LogP contribution in [0.2, 0.25) is 0 Å². The predicted octanol–water partition coefficient (Wildman–Crippen LogP) is 3.66. The topological polar surface area (TPSA) is 88.2 Å². The molecule has 1 fully saturated rings. The number of ketones is 1. The summed E-state index contributed by atoms with van der Waals surface area (Å²) in [6.45, 7) is 3.34. The Kier molecular flexibility index (Phi) is 4.54. The third-order valence-corrected chi connectivity index (χ3v) is 6.32. The summed E-state index contributed by atoms with van der Waals surface area (Å²) < 4.78 is 0. The molecule has 162 valence electrons. The lowest BCUT2D eigenvalue weighted by Crippen LogP contribution is -2.47. The van der Waals surface area contributed by atoms with E-state index in [1.54, 1.807) is 0 Å². The van der Waals surface area contributed by atoms with E-state index < -0.39 is 0 Å². The van der Waals surface area contributed by atoms with Crippen molar-refractivity contribution in [2.75, 3.05) is 41.7 Å². The molecule has 1 aliphatic heterocycles. The number of aromatic nitrogens is 3. The van der Waals surface area contributed by atoms with E-state index in [9.17, 15) is 4.79 Å². The summed E-state index contributed by atoms with van der Waals surface area (Å²) in [5, 5.41) is 0. The minimum atomic E-state index is -0.0483. The fourth-order valence-corrected chi connectivity index (χ4v) is 4.77. The van der Waals surface area contributed by atoms with Crippen molar-refractivity contribution in [1.82, 2.24) is 15.0 Å². The van der Waals surface area contributed by atoms with Gasteiger partial charge in [0.15, 0.2) is 5.78 Å². The normalized spacial score (nSPS) is 14.8. The molecule has 2 N–H and O–H groups in total. The van der Waals surface area contributed by atoms with Crippen molar-refractivity contribution in [2.24, 2.45) is 0 Å². The molecule has 0 bridgehead atoms. The van der Waals surface area contributed by atoms with E-state index in [4.69, 9.17) is 5.73 Å². The van der Waals surface area contributed by atoms with Gasteiger partial charge in [-0.3, -0.25) is 4.79 Å². The number of anilines is 3. The molecule has 6 rings (SSSR count). The number of benzene rings is 2. The molecule has 0 unspecified atom stereocenters. The SMILES string of the molecule is Nc1nc(-c2ccccc2)c2c(n1)-c1c(cccc1N1CCN(c3ccccn3)CC1)C2=O. The molecule has 1 saturated heterocycles. The number of hydrogen-bond acceptors (Lipinski definition) is 7. The maximum atomic E-state index is 13.5. The number of hydrogen-bond donors (Lipinski definition) is 1. The number of nitrogen functional groups attached to an aromatic ring is 1. The number of nitrogens with zero attached hydrogens (tertiary/aromatic N) is 5. The van der Waals surface area contributed by atoms with Crippen LogP contribution in [0, 0.1) is 0 Å². The van der Waals surface area contributed by atoms with Crippen LogP contribution >= 0.6 is 0 Å². The van der Waals surface area contributed by atoms with Gasteiger partial charge in [-0.2, -0.15) is 0 Å². The van der Waals surface area contributed by atoms with E-state index >= 15 is 0 Å². The second-order valence-electron chi connectivity index (χ2n) is 8.21. The monoisotopic (exact) mass is 434 g/mol. The van der Waals surface area contributed by atoms with Crippen molar-refractivity contribution in [2.45, 2.75) is 0 Å². The summed E-state index contributed by atoms with van der Waals surface area (Å²) in [4.78, 5) is 31.6. The largest absolute Gasteiger partial charge is 0.368 e. The van der Waals surface area contributed by atoms with E-state index in [0.29, 0.717) is 22.5 Å². The van der Waals surface area contributed by atoms with Crippen LogP contribution in [-0.2, 0) is 0 Å². The molecule has 7 heteroatoms. The minimum absolute atomic E-state index is 0.0483. The third-order valence-electron chi connectivity index (χ3n) is 6.32. The summed E-state index contributed by atoms with van der Waals surface area (Å²) in [6, 6.07) is 21.5. The van der Waals surface area contributed by atoms with Gasteiger partial charge in [0.05, 0.1) is 17.0 Å². The number of piperazine rings is 1. The zero-order valence-corrected chi connectivity index (χ0v) is 18.0. The molecular formula is C26H22N6O. The van der Waals surface area contributed by atoms with Gasteiger partial charge in [-0.25, -0.2) is 15.0 Å². The van der Waals surface area contributed by atoms with E-state index in [-0.39, 0.29) is 11.7 Å². The Balaban J connectivity index is 1.40. The first-order valence-electron chi connectivity index (χ1n) is 11.0. The fraction of sp³-hybridized carbons (Fsp3) is 0.154. The Morgan fingerprint density at radius 2 is 1.45 bits per heavy atom. The second kappa shape index (κ2) is 7.70. The van der Waals surface area contributed by atoms with Gasteiger partial charge >= 0.3 is 0 Å². The Labute approximate surface area is 191 Å². The fourth-order valence-electron chi connectivity index (χ4n) is 4.77. The highest BCUT2D eigenvalue weighted by molar-refractivity contribution is 6.25. The van der Waals surface area contributed by atoms with Crippen LogP contribution in [0.4, 0.5) is 17.5 Å². The number of nitrogens with two attached hydrogens (primary N) is 1. The lowest BCUT2D eigenvalue weighted by molar-refractivity contribution is 0.104. The zero-order valence-electron chi connectivity index (χ0n) is 18.0. The van der Waals surface area contributed by atoms with Crippen molar-refractivity contribution in [3.63, 3.8) is 0 Å². The first-order chi connectivity index (χ1) is 16.2. The Bertz CT molecular complexity index is 1350. The predicted molar refractivity (Wildman–Crippen MR) is 129 cm³/mol. The number of pyridine rings is 1. The summed E-state index contributed by atoms with van der Waals surface area (Å²) in [5.74, 6) is 1.11. The van der Waals surface area contributed by atoms with Crippen LogP contribution in [0.5, 0.6) is 0 Å². The quantitative estimate of drug-likeness (QED) is 0.464. The molecule has 1 aliphatic carbocycles. The summed E-state index contributed by atoms with van der Waals surface area (Å²) in [7, 11) is 0. The van der Waals surface area contributed by atoms with Crippen LogP contribution in [-0.4, -0.2) is 46.9 Å². The van der Waals surface area contributed by atoms with Crippen LogP contribution in [0.25, 0.3) is 22.5 Å². The minimum Gasteiger partial charge on any atom is -0.368 e. The number of carbonyl (C=O) groups excluding carboxylic acids is 1. The number of carbonyl (C=O) groups is 1. The average molecular weight is 435 g/mol. The van der Waals surface area contributed by atoms with Crippen molar-refractivity contribution < 1.29 is 4.79 Å². The molecule has 7 nitrogen and oxygen atoms in total. The van der Waals surface area contributed by atoms with E-state index in [0.717, 1.165) is 48.8 Å². The molecule has 0 atom stereocenters. The summed E-state index contributed by atoms with van der Waals surface area (Å²) >= 11 is 0. The van der Waals surface area contributed by atoms with Gasteiger partial charge in [-0.1, -0.05) is 48.5 Å². The molecule has 0 radical (unpaired) electrons.